The van der Waals surface area contributed by atoms with E-state index in [9.17, 15) is 23.8 Å². The molecule has 0 saturated carbocycles. The number of carbonyl (C=O) groups excluding carboxylic acids is 2. The van der Waals surface area contributed by atoms with Crippen LogP contribution in [0.3, 0.4) is 0 Å². The summed E-state index contributed by atoms with van der Waals surface area (Å²) >= 11 is 0. The van der Waals surface area contributed by atoms with Crippen molar-refractivity contribution in [2.24, 2.45) is 5.73 Å². The van der Waals surface area contributed by atoms with Gasteiger partial charge in [0.15, 0.2) is 6.10 Å². The van der Waals surface area contributed by atoms with E-state index in [4.69, 9.17) is 24.8 Å². The molecule has 12 heteroatoms. The Morgan fingerprint density at radius 2 is 0.962 bits per heavy atom. The molecule has 0 spiro atoms. The van der Waals surface area contributed by atoms with Gasteiger partial charge in [0.2, 0.25) is 0 Å². The number of carboxylic acid groups (broad SMARTS) is 1. The van der Waals surface area contributed by atoms with Crippen molar-refractivity contribution in [3.8, 4) is 0 Å². The van der Waals surface area contributed by atoms with Crippen LogP contribution in [0.1, 0.15) is 194 Å². The third kappa shape index (κ3) is 35.3. The monoisotopic (exact) mass is 762 g/mol. The maximum Gasteiger partial charge on any atom is 0.472 e. The van der Waals surface area contributed by atoms with Crippen molar-refractivity contribution < 1.29 is 47.5 Å². The highest BCUT2D eigenvalue weighted by atomic mass is 31.2. The predicted octanol–water partition coefficient (Wildman–Crippen LogP) is 10.5. The molecule has 0 heterocycles. The molecule has 0 radical (unpaired) electrons. The van der Waals surface area contributed by atoms with E-state index in [0.717, 1.165) is 38.5 Å². The van der Waals surface area contributed by atoms with Crippen LogP contribution in [-0.2, 0) is 37.5 Å². The Kier molecular flexibility index (Phi) is 35.0. The first kappa shape index (κ1) is 50.2. The molecule has 0 bridgehead atoms. The standard InChI is InChI=1S/C40H76NO10P/c1-3-5-7-9-11-13-15-16-17-18-19-20-22-23-25-27-29-31-38(42)48-33-36(34-49-52(46,47)50-35-37(41)40(44)45)51-39(43)32-30-28-26-24-21-14-12-10-8-6-4-2/h13,15,36-37H,3-12,14,16-35,41H2,1-2H3,(H,44,45)(H,46,47)/b15-13+/t36-,37+/m0/s1. The summed E-state index contributed by atoms with van der Waals surface area (Å²) in [7, 11) is -4.70. The molecule has 0 saturated heterocycles. The molecule has 0 aromatic heterocycles. The van der Waals surface area contributed by atoms with Gasteiger partial charge in [-0.3, -0.25) is 23.4 Å². The molecular formula is C40H76NO10P. The number of carboxylic acids is 1. The summed E-state index contributed by atoms with van der Waals surface area (Å²) in [6, 6.07) is -1.52. The molecule has 0 amide bonds. The average molecular weight is 762 g/mol. The molecule has 0 aliphatic heterocycles. The van der Waals surface area contributed by atoms with Gasteiger partial charge in [-0.2, -0.15) is 0 Å². The summed E-state index contributed by atoms with van der Waals surface area (Å²) in [5, 5.41) is 8.86. The number of aliphatic carboxylic acids is 1. The minimum atomic E-state index is -4.70. The van der Waals surface area contributed by atoms with Gasteiger partial charge in [0.1, 0.15) is 12.6 Å². The molecule has 1 unspecified atom stereocenters. The van der Waals surface area contributed by atoms with Crippen molar-refractivity contribution in [3.63, 3.8) is 0 Å². The minimum absolute atomic E-state index is 0.165. The van der Waals surface area contributed by atoms with E-state index in [2.05, 4.69) is 30.5 Å². The lowest BCUT2D eigenvalue weighted by molar-refractivity contribution is -0.161. The van der Waals surface area contributed by atoms with E-state index in [1.807, 2.05) is 0 Å². The van der Waals surface area contributed by atoms with Gasteiger partial charge in [-0.05, 0) is 38.5 Å². The molecule has 306 valence electrons. The second kappa shape index (κ2) is 36.2. The fourth-order valence-corrected chi connectivity index (χ4v) is 6.48. The summed E-state index contributed by atoms with van der Waals surface area (Å²) in [5.74, 6) is -2.37. The van der Waals surface area contributed by atoms with Gasteiger partial charge in [-0.25, -0.2) is 4.57 Å². The van der Waals surface area contributed by atoms with Crippen molar-refractivity contribution in [1.29, 1.82) is 0 Å². The largest absolute Gasteiger partial charge is 0.480 e. The molecule has 3 atom stereocenters. The molecule has 0 aliphatic carbocycles. The Bertz CT molecular complexity index is 947. The van der Waals surface area contributed by atoms with Crippen LogP contribution in [0.2, 0.25) is 0 Å². The smallest absolute Gasteiger partial charge is 0.472 e. The van der Waals surface area contributed by atoms with Crippen molar-refractivity contribution in [1.82, 2.24) is 0 Å². The Labute approximate surface area is 316 Å². The first-order valence-electron chi connectivity index (χ1n) is 20.7. The van der Waals surface area contributed by atoms with Crippen LogP contribution >= 0.6 is 7.82 Å². The lowest BCUT2D eigenvalue weighted by Gasteiger charge is -2.20. The molecule has 0 fully saturated rings. The Hall–Kier alpha value is -1.78. The first-order chi connectivity index (χ1) is 25.1. The number of unbranched alkanes of at least 4 members (excludes halogenated alkanes) is 23. The van der Waals surface area contributed by atoms with Crippen molar-refractivity contribution in [2.75, 3.05) is 19.8 Å². The number of esters is 2. The lowest BCUT2D eigenvalue weighted by Crippen LogP contribution is -2.34. The second-order valence-electron chi connectivity index (χ2n) is 14.1. The van der Waals surface area contributed by atoms with E-state index >= 15 is 0 Å². The SMILES string of the molecule is CCCCCC/C=C/CCCCCCCCCCCC(=O)OC[C@@H](COP(=O)(O)OC[C@@H](N)C(=O)O)OC(=O)CCCCCCCCCCCCC. The average Bonchev–Trinajstić information content (AvgIpc) is 3.12. The topological polar surface area (TPSA) is 172 Å². The summed E-state index contributed by atoms with van der Waals surface area (Å²) in [6.07, 6.45) is 34.2. The highest BCUT2D eigenvalue weighted by Crippen LogP contribution is 2.43. The van der Waals surface area contributed by atoms with Gasteiger partial charge in [0, 0.05) is 12.8 Å². The quantitative estimate of drug-likeness (QED) is 0.0235. The third-order valence-corrected chi connectivity index (χ3v) is 9.96. The number of phosphoric acid groups is 1. The van der Waals surface area contributed by atoms with E-state index in [1.165, 1.54) is 116 Å². The van der Waals surface area contributed by atoms with Crippen LogP contribution in [-0.4, -0.2) is 59.9 Å². The van der Waals surface area contributed by atoms with E-state index in [-0.39, 0.29) is 19.4 Å². The van der Waals surface area contributed by atoms with Gasteiger partial charge in [-0.15, -0.1) is 0 Å². The van der Waals surface area contributed by atoms with Gasteiger partial charge in [0.05, 0.1) is 13.2 Å². The van der Waals surface area contributed by atoms with Crippen molar-refractivity contribution >= 4 is 25.7 Å². The summed E-state index contributed by atoms with van der Waals surface area (Å²) in [6.45, 7) is 2.78. The molecule has 52 heavy (non-hydrogen) atoms. The number of carbonyl (C=O) groups is 3. The number of ether oxygens (including phenoxy) is 2. The Balaban J connectivity index is 4.33. The zero-order valence-corrected chi connectivity index (χ0v) is 33.8. The molecule has 0 aliphatic rings. The highest BCUT2D eigenvalue weighted by Gasteiger charge is 2.28. The molecule has 0 aromatic rings. The molecule has 0 rings (SSSR count). The van der Waals surface area contributed by atoms with Gasteiger partial charge >= 0.3 is 25.7 Å². The van der Waals surface area contributed by atoms with Gasteiger partial charge < -0.3 is 25.2 Å². The fraction of sp³-hybridized carbons (Fsp3) is 0.875. The normalized spacial score (nSPS) is 13.9. The number of allylic oxidation sites excluding steroid dienone is 2. The third-order valence-electron chi connectivity index (χ3n) is 9.01. The second-order valence-corrected chi connectivity index (χ2v) is 15.6. The molecule has 0 aromatic carbocycles. The van der Waals surface area contributed by atoms with Gasteiger partial charge in [0.25, 0.3) is 0 Å². The highest BCUT2D eigenvalue weighted by molar-refractivity contribution is 7.47. The zero-order valence-electron chi connectivity index (χ0n) is 32.9. The number of phosphoric ester groups is 1. The zero-order chi connectivity index (χ0) is 38.5. The van der Waals surface area contributed by atoms with Crippen molar-refractivity contribution in [3.05, 3.63) is 12.2 Å². The molecule has 11 nitrogen and oxygen atoms in total. The fourth-order valence-electron chi connectivity index (χ4n) is 5.71. The van der Waals surface area contributed by atoms with Crippen LogP contribution in [0.4, 0.5) is 0 Å². The number of nitrogens with two attached hydrogens (primary N) is 1. The van der Waals surface area contributed by atoms with E-state index in [0.29, 0.717) is 12.8 Å². The number of hydrogen-bond donors (Lipinski definition) is 3. The Morgan fingerprint density at radius 1 is 0.577 bits per heavy atom. The lowest BCUT2D eigenvalue weighted by atomic mass is 10.1. The summed E-state index contributed by atoms with van der Waals surface area (Å²) in [5.41, 5.74) is 5.32. The van der Waals surface area contributed by atoms with Crippen LogP contribution in [0.25, 0.3) is 0 Å². The molecular weight excluding hydrogens is 685 g/mol. The van der Waals surface area contributed by atoms with E-state index in [1.54, 1.807) is 0 Å². The first-order valence-corrected chi connectivity index (χ1v) is 22.2. The summed E-state index contributed by atoms with van der Waals surface area (Å²) in [4.78, 5) is 45.8. The number of hydrogen-bond acceptors (Lipinski definition) is 9. The van der Waals surface area contributed by atoms with Gasteiger partial charge in [-0.1, -0.05) is 154 Å². The minimum Gasteiger partial charge on any atom is -0.480 e. The van der Waals surface area contributed by atoms with E-state index < -0.39 is 51.1 Å². The summed E-state index contributed by atoms with van der Waals surface area (Å²) < 4.78 is 32.6. The van der Waals surface area contributed by atoms with Crippen molar-refractivity contribution in [2.45, 2.75) is 206 Å². The maximum atomic E-state index is 12.6. The van der Waals surface area contributed by atoms with Crippen LogP contribution in [0.5, 0.6) is 0 Å². The predicted molar refractivity (Wildman–Crippen MR) is 208 cm³/mol. The van der Waals surface area contributed by atoms with Crippen LogP contribution in [0, 0.1) is 0 Å². The maximum absolute atomic E-state index is 12.6. The molecule has 4 N–H and O–H groups in total. The van der Waals surface area contributed by atoms with Crippen LogP contribution < -0.4 is 5.73 Å². The number of rotatable bonds is 39. The Morgan fingerprint density at radius 3 is 1.42 bits per heavy atom. The van der Waals surface area contributed by atoms with Crippen LogP contribution in [0.15, 0.2) is 12.2 Å².